The van der Waals surface area contributed by atoms with E-state index in [0.29, 0.717) is 17.9 Å². The first-order valence-corrected chi connectivity index (χ1v) is 7.40. The van der Waals surface area contributed by atoms with E-state index < -0.39 is 6.29 Å². The number of aliphatic hydroxyl groups is 2. The molecule has 0 bridgehead atoms. The van der Waals surface area contributed by atoms with Crippen molar-refractivity contribution in [3.8, 4) is 11.5 Å². The van der Waals surface area contributed by atoms with Gasteiger partial charge in [-0.25, -0.2) is 0 Å². The summed E-state index contributed by atoms with van der Waals surface area (Å²) in [7, 11) is 0. The Morgan fingerprint density at radius 1 is 0.727 bits per heavy atom. The Hall–Kier alpha value is -2.04. The number of phenols is 2. The molecule has 0 amide bonds. The number of benzene rings is 2. The molecule has 2 aromatic rings. The standard InChI is InChI=1S/C6H14O2.2C6H6O/c1-2-3-4-5-6(7)8;2*7-6-4-2-1-3-5-6/h6-8H,2-5H2,1H3;2*1-5,7H. The zero-order valence-corrected chi connectivity index (χ0v) is 13.0. The average Bonchev–Trinajstić information content (AvgIpc) is 2.50. The van der Waals surface area contributed by atoms with Crippen LogP contribution in [0.25, 0.3) is 0 Å². The summed E-state index contributed by atoms with van der Waals surface area (Å²) >= 11 is 0. The lowest BCUT2D eigenvalue weighted by Gasteiger charge is -1.99. The maximum Gasteiger partial charge on any atom is 0.151 e. The van der Waals surface area contributed by atoms with Gasteiger partial charge in [0.15, 0.2) is 6.29 Å². The Balaban J connectivity index is 0.000000301. The molecule has 0 fully saturated rings. The van der Waals surface area contributed by atoms with Crippen molar-refractivity contribution in [1.29, 1.82) is 0 Å². The number of phenolic OH excluding ortho intramolecular Hbond substituents is 2. The van der Waals surface area contributed by atoms with Gasteiger partial charge in [-0.05, 0) is 37.1 Å². The van der Waals surface area contributed by atoms with E-state index in [2.05, 4.69) is 6.92 Å². The van der Waals surface area contributed by atoms with Gasteiger partial charge >= 0.3 is 0 Å². The van der Waals surface area contributed by atoms with E-state index in [-0.39, 0.29) is 0 Å². The summed E-state index contributed by atoms with van der Waals surface area (Å²) in [6.07, 6.45) is 2.58. The summed E-state index contributed by atoms with van der Waals surface area (Å²) in [5, 5.41) is 33.9. The molecule has 0 unspecified atom stereocenters. The molecule has 0 atom stereocenters. The quantitative estimate of drug-likeness (QED) is 0.513. The Labute approximate surface area is 132 Å². The summed E-state index contributed by atoms with van der Waals surface area (Å²) in [4.78, 5) is 0. The number of hydrogen-bond acceptors (Lipinski definition) is 4. The van der Waals surface area contributed by atoms with E-state index in [1.165, 1.54) is 0 Å². The van der Waals surface area contributed by atoms with E-state index >= 15 is 0 Å². The minimum atomic E-state index is -1.10. The van der Waals surface area contributed by atoms with Gasteiger partial charge in [-0.3, -0.25) is 0 Å². The first-order valence-electron chi connectivity index (χ1n) is 7.40. The van der Waals surface area contributed by atoms with E-state index in [0.717, 1.165) is 19.3 Å². The Bertz CT molecular complexity index is 406. The number of aromatic hydroxyl groups is 2. The fourth-order valence-electron chi connectivity index (χ4n) is 1.43. The Kier molecular flexibility index (Phi) is 12.6. The zero-order valence-electron chi connectivity index (χ0n) is 13.0. The van der Waals surface area contributed by atoms with Crippen LogP contribution in [0.2, 0.25) is 0 Å². The summed E-state index contributed by atoms with van der Waals surface area (Å²) in [6, 6.07) is 17.4. The molecule has 2 rings (SSSR count). The minimum Gasteiger partial charge on any atom is -0.508 e. The molecule has 4 N–H and O–H groups in total. The van der Waals surface area contributed by atoms with Crippen LogP contribution in [-0.2, 0) is 0 Å². The van der Waals surface area contributed by atoms with Crippen LogP contribution in [0.3, 0.4) is 0 Å². The van der Waals surface area contributed by atoms with Gasteiger partial charge in [-0.1, -0.05) is 56.2 Å². The molecule has 0 heterocycles. The molecular weight excluding hydrogens is 280 g/mol. The molecule has 2 aromatic carbocycles. The topological polar surface area (TPSA) is 80.9 Å². The van der Waals surface area contributed by atoms with E-state index in [1.54, 1.807) is 48.5 Å². The van der Waals surface area contributed by atoms with Crippen molar-refractivity contribution in [2.45, 2.75) is 38.9 Å². The van der Waals surface area contributed by atoms with E-state index in [9.17, 15) is 0 Å². The van der Waals surface area contributed by atoms with Crippen LogP contribution in [0.5, 0.6) is 11.5 Å². The predicted molar refractivity (Wildman–Crippen MR) is 88.6 cm³/mol. The highest BCUT2D eigenvalue weighted by Gasteiger charge is 1.93. The summed E-state index contributed by atoms with van der Waals surface area (Å²) < 4.78 is 0. The Morgan fingerprint density at radius 2 is 1.14 bits per heavy atom. The molecule has 4 nitrogen and oxygen atoms in total. The highest BCUT2D eigenvalue weighted by atomic mass is 16.5. The molecule has 22 heavy (non-hydrogen) atoms. The monoisotopic (exact) mass is 306 g/mol. The smallest absolute Gasteiger partial charge is 0.151 e. The van der Waals surface area contributed by atoms with Crippen molar-refractivity contribution >= 4 is 0 Å². The second-order valence-electron chi connectivity index (χ2n) is 4.65. The molecule has 0 aliphatic heterocycles. The molecule has 0 aliphatic rings. The van der Waals surface area contributed by atoms with Gasteiger partial charge in [0.2, 0.25) is 0 Å². The second-order valence-corrected chi connectivity index (χ2v) is 4.65. The van der Waals surface area contributed by atoms with Crippen molar-refractivity contribution in [3.63, 3.8) is 0 Å². The third kappa shape index (κ3) is 14.4. The normalized spacial score (nSPS) is 9.27. The van der Waals surface area contributed by atoms with Gasteiger partial charge in [0.1, 0.15) is 11.5 Å². The number of para-hydroxylation sites is 2. The minimum absolute atomic E-state index is 0.322. The molecular formula is C18H26O4. The van der Waals surface area contributed by atoms with Crippen molar-refractivity contribution in [2.75, 3.05) is 0 Å². The van der Waals surface area contributed by atoms with Crippen LogP contribution >= 0.6 is 0 Å². The third-order valence-electron chi connectivity index (χ3n) is 2.58. The van der Waals surface area contributed by atoms with E-state index in [1.807, 2.05) is 12.1 Å². The average molecular weight is 306 g/mol. The molecule has 0 radical (unpaired) electrons. The SMILES string of the molecule is CCCCCC(O)O.Oc1ccccc1.Oc1ccccc1. The van der Waals surface area contributed by atoms with Crippen LogP contribution in [0, 0.1) is 0 Å². The summed E-state index contributed by atoms with van der Waals surface area (Å²) in [5.41, 5.74) is 0. The van der Waals surface area contributed by atoms with E-state index in [4.69, 9.17) is 20.4 Å². The van der Waals surface area contributed by atoms with Gasteiger partial charge in [-0.2, -0.15) is 0 Å². The number of hydrogen-bond donors (Lipinski definition) is 4. The molecule has 122 valence electrons. The predicted octanol–water partition coefficient (Wildman–Crippen LogP) is 3.66. The second kappa shape index (κ2) is 13.9. The highest BCUT2D eigenvalue weighted by molar-refractivity contribution is 5.19. The van der Waals surface area contributed by atoms with Gasteiger partial charge in [-0.15, -0.1) is 0 Å². The Morgan fingerprint density at radius 3 is 1.36 bits per heavy atom. The highest BCUT2D eigenvalue weighted by Crippen LogP contribution is 2.03. The first kappa shape index (κ1) is 20.0. The van der Waals surface area contributed by atoms with Gasteiger partial charge < -0.3 is 20.4 Å². The molecule has 0 aromatic heterocycles. The summed E-state index contributed by atoms with van der Waals surface area (Å²) in [6.45, 7) is 2.09. The molecule has 0 saturated carbocycles. The van der Waals surface area contributed by atoms with Crippen molar-refractivity contribution in [1.82, 2.24) is 0 Å². The number of aliphatic hydroxyl groups excluding tert-OH is 1. The van der Waals surface area contributed by atoms with Gasteiger partial charge in [0, 0.05) is 0 Å². The lowest BCUT2D eigenvalue weighted by atomic mass is 10.2. The van der Waals surface area contributed by atoms with Crippen molar-refractivity contribution < 1.29 is 20.4 Å². The third-order valence-corrected chi connectivity index (χ3v) is 2.58. The van der Waals surface area contributed by atoms with Gasteiger partial charge in [0.25, 0.3) is 0 Å². The first-order chi connectivity index (χ1) is 10.6. The number of unbranched alkanes of at least 4 members (excludes halogenated alkanes) is 2. The van der Waals surface area contributed by atoms with Crippen LogP contribution in [0.15, 0.2) is 60.7 Å². The maximum atomic E-state index is 8.63. The van der Waals surface area contributed by atoms with Crippen LogP contribution in [0.1, 0.15) is 32.6 Å². The van der Waals surface area contributed by atoms with Gasteiger partial charge in [0.05, 0.1) is 0 Å². The van der Waals surface area contributed by atoms with Crippen LogP contribution < -0.4 is 0 Å². The fraction of sp³-hybridized carbons (Fsp3) is 0.333. The lowest BCUT2D eigenvalue weighted by molar-refractivity contribution is -0.0465. The van der Waals surface area contributed by atoms with Crippen molar-refractivity contribution in [2.24, 2.45) is 0 Å². The molecule has 0 saturated heterocycles. The molecule has 0 aliphatic carbocycles. The lowest BCUT2D eigenvalue weighted by Crippen LogP contribution is -2.02. The summed E-state index contributed by atoms with van der Waals surface area (Å²) in [5.74, 6) is 0.644. The molecule has 4 heteroatoms. The van der Waals surface area contributed by atoms with Crippen molar-refractivity contribution in [3.05, 3.63) is 60.7 Å². The fourth-order valence-corrected chi connectivity index (χ4v) is 1.43. The molecule has 0 spiro atoms. The maximum absolute atomic E-state index is 8.63. The number of rotatable bonds is 4. The van der Waals surface area contributed by atoms with Crippen LogP contribution in [0.4, 0.5) is 0 Å². The largest absolute Gasteiger partial charge is 0.508 e. The zero-order chi connectivity index (χ0) is 16.6. The van der Waals surface area contributed by atoms with Crippen LogP contribution in [-0.4, -0.2) is 26.7 Å².